The van der Waals surface area contributed by atoms with Gasteiger partial charge in [0.15, 0.2) is 0 Å². The average Bonchev–Trinajstić information content (AvgIpc) is 2.16. The summed E-state index contributed by atoms with van der Waals surface area (Å²) < 4.78 is 0. The summed E-state index contributed by atoms with van der Waals surface area (Å²) in [4.78, 5) is 0. The van der Waals surface area contributed by atoms with Gasteiger partial charge >= 0.3 is 0 Å². The van der Waals surface area contributed by atoms with E-state index in [9.17, 15) is 5.11 Å². The molecule has 74 valence electrons. The molecule has 1 atom stereocenters. The fourth-order valence-electron chi connectivity index (χ4n) is 1.02. The molecule has 3 nitrogen and oxygen atoms in total. The quantitative estimate of drug-likeness (QED) is 0.629. The normalized spacial score (nSPS) is 12.0. The summed E-state index contributed by atoms with van der Waals surface area (Å²) in [7, 11) is 0. The summed E-state index contributed by atoms with van der Waals surface area (Å²) in [6.45, 7) is 2.34. The van der Waals surface area contributed by atoms with Crippen molar-refractivity contribution in [2.75, 3.05) is 0 Å². The molecule has 0 bridgehead atoms. The third-order valence-corrected chi connectivity index (χ3v) is 1.92. The Labute approximate surface area is 83.4 Å². The molecule has 0 saturated heterocycles. The Bertz CT molecular complexity index is 355. The fourth-order valence-corrected chi connectivity index (χ4v) is 1.02. The van der Waals surface area contributed by atoms with E-state index in [4.69, 9.17) is 11.5 Å². The van der Waals surface area contributed by atoms with Gasteiger partial charge in [0.05, 0.1) is 6.04 Å². The predicted octanol–water partition coefficient (Wildman–Crippen LogP) is 1.21. The minimum atomic E-state index is -0.0387. The van der Waals surface area contributed by atoms with Crippen LogP contribution < -0.4 is 5.32 Å². The molecule has 0 aromatic heterocycles. The molecule has 3 N–H and O–H groups in total. The Balaban J connectivity index is 2.64. The van der Waals surface area contributed by atoms with E-state index in [1.807, 2.05) is 6.92 Å². The molecule has 1 unspecified atom stereocenters. The molecule has 14 heavy (non-hydrogen) atoms. The summed E-state index contributed by atoms with van der Waals surface area (Å²) in [5, 5.41) is 21.5. The Morgan fingerprint density at radius 2 is 2.21 bits per heavy atom. The first kappa shape index (κ1) is 10.4. The number of phenolic OH excluding ortho intramolecular Hbond substituents is 2. The molecule has 0 spiro atoms. The second kappa shape index (κ2) is 4.54. The predicted molar refractivity (Wildman–Crippen MR) is 54.9 cm³/mol. The second-order valence-electron chi connectivity index (χ2n) is 3.08. The van der Waals surface area contributed by atoms with Crippen molar-refractivity contribution in [2.45, 2.75) is 19.5 Å². The van der Waals surface area contributed by atoms with Crippen LogP contribution in [0.15, 0.2) is 18.2 Å². The second-order valence-corrected chi connectivity index (χ2v) is 3.08. The summed E-state index contributed by atoms with van der Waals surface area (Å²) in [6.07, 6.45) is 5.18. The topological polar surface area (TPSA) is 52.5 Å². The van der Waals surface area contributed by atoms with Gasteiger partial charge < -0.3 is 10.2 Å². The summed E-state index contributed by atoms with van der Waals surface area (Å²) in [5.41, 5.74) is 0.713. The van der Waals surface area contributed by atoms with Gasteiger partial charge in [-0.05, 0) is 13.0 Å². The summed E-state index contributed by atoms with van der Waals surface area (Å²) in [5.74, 6) is 2.65. The van der Waals surface area contributed by atoms with Crippen molar-refractivity contribution < 1.29 is 10.2 Å². The van der Waals surface area contributed by atoms with Crippen LogP contribution in [0.3, 0.4) is 0 Å². The minimum Gasteiger partial charge on any atom is -0.508 e. The number of phenols is 2. The number of hydrogen-bond donors (Lipinski definition) is 3. The number of hydrogen-bond acceptors (Lipinski definition) is 3. The van der Waals surface area contributed by atoms with Crippen LogP contribution in [0.2, 0.25) is 0 Å². The number of nitrogens with one attached hydrogen (secondary N) is 1. The van der Waals surface area contributed by atoms with Crippen molar-refractivity contribution in [1.29, 1.82) is 0 Å². The summed E-state index contributed by atoms with van der Waals surface area (Å²) in [6, 6.07) is 4.44. The molecule has 1 aromatic carbocycles. The molecule has 0 amide bonds. The van der Waals surface area contributed by atoms with E-state index >= 15 is 0 Å². The van der Waals surface area contributed by atoms with Crippen LogP contribution in [0.1, 0.15) is 12.5 Å². The first-order valence-corrected chi connectivity index (χ1v) is 4.34. The van der Waals surface area contributed by atoms with Gasteiger partial charge in [-0.2, -0.15) is 0 Å². The van der Waals surface area contributed by atoms with Gasteiger partial charge in [0, 0.05) is 18.2 Å². The molecule has 0 aliphatic rings. The Morgan fingerprint density at radius 3 is 2.79 bits per heavy atom. The molecule has 0 aliphatic heterocycles. The molecule has 0 fully saturated rings. The molecular weight excluding hydrogens is 178 g/mol. The maximum absolute atomic E-state index is 9.43. The third-order valence-electron chi connectivity index (χ3n) is 1.92. The van der Waals surface area contributed by atoms with Gasteiger partial charge in [-0.15, -0.1) is 6.42 Å². The molecule has 1 aromatic rings. The lowest BCUT2D eigenvalue weighted by atomic mass is 10.2. The standard InChI is InChI=1S/C11H13NO2/c1-3-8(2)12-7-9-4-5-10(13)6-11(9)14/h1,4-6,8,12-14H,7H2,2H3. The molecule has 0 saturated carbocycles. The Morgan fingerprint density at radius 1 is 1.50 bits per heavy atom. The molecule has 0 heterocycles. The summed E-state index contributed by atoms with van der Waals surface area (Å²) >= 11 is 0. The highest BCUT2D eigenvalue weighted by Gasteiger charge is 2.03. The van der Waals surface area contributed by atoms with E-state index in [2.05, 4.69) is 11.2 Å². The lowest BCUT2D eigenvalue weighted by Crippen LogP contribution is -2.23. The Hall–Kier alpha value is -1.66. The van der Waals surface area contributed by atoms with Crippen molar-refractivity contribution >= 4 is 0 Å². The van der Waals surface area contributed by atoms with Gasteiger partial charge in [-0.1, -0.05) is 12.0 Å². The van der Waals surface area contributed by atoms with Gasteiger partial charge in [-0.3, -0.25) is 5.32 Å². The zero-order valence-corrected chi connectivity index (χ0v) is 7.99. The van der Waals surface area contributed by atoms with Crippen LogP contribution in [0.5, 0.6) is 11.5 Å². The van der Waals surface area contributed by atoms with E-state index in [1.165, 1.54) is 12.1 Å². The Kier molecular flexibility index (Phi) is 3.38. The molecule has 0 aliphatic carbocycles. The largest absolute Gasteiger partial charge is 0.508 e. The average molecular weight is 191 g/mol. The van der Waals surface area contributed by atoms with Crippen molar-refractivity contribution in [1.82, 2.24) is 5.32 Å². The highest BCUT2D eigenvalue weighted by Crippen LogP contribution is 2.22. The van der Waals surface area contributed by atoms with Crippen molar-refractivity contribution in [2.24, 2.45) is 0 Å². The highest BCUT2D eigenvalue weighted by atomic mass is 16.3. The van der Waals surface area contributed by atoms with E-state index in [0.717, 1.165) is 0 Å². The van der Waals surface area contributed by atoms with Crippen LogP contribution in [0.4, 0.5) is 0 Å². The molecule has 0 radical (unpaired) electrons. The van der Waals surface area contributed by atoms with Gasteiger partial charge in [0.1, 0.15) is 11.5 Å². The zero-order valence-electron chi connectivity index (χ0n) is 7.99. The number of rotatable bonds is 3. The molecule has 3 heteroatoms. The van der Waals surface area contributed by atoms with Gasteiger partial charge in [0.25, 0.3) is 0 Å². The van der Waals surface area contributed by atoms with Crippen LogP contribution in [0, 0.1) is 12.3 Å². The van der Waals surface area contributed by atoms with Crippen LogP contribution in [0.25, 0.3) is 0 Å². The van der Waals surface area contributed by atoms with E-state index in [-0.39, 0.29) is 17.5 Å². The monoisotopic (exact) mass is 191 g/mol. The first-order chi connectivity index (χ1) is 6.63. The third kappa shape index (κ3) is 2.68. The van der Waals surface area contributed by atoms with E-state index < -0.39 is 0 Å². The van der Waals surface area contributed by atoms with E-state index in [0.29, 0.717) is 12.1 Å². The number of benzene rings is 1. The zero-order chi connectivity index (χ0) is 10.6. The smallest absolute Gasteiger partial charge is 0.123 e. The molecular formula is C11H13NO2. The number of terminal acetylenes is 1. The SMILES string of the molecule is C#CC(C)NCc1ccc(O)cc1O. The van der Waals surface area contributed by atoms with Gasteiger partial charge in [-0.25, -0.2) is 0 Å². The van der Waals surface area contributed by atoms with Gasteiger partial charge in [0.2, 0.25) is 0 Å². The number of aromatic hydroxyl groups is 2. The van der Waals surface area contributed by atoms with Crippen LogP contribution in [-0.2, 0) is 6.54 Å². The van der Waals surface area contributed by atoms with Crippen molar-refractivity contribution in [3.8, 4) is 23.8 Å². The van der Waals surface area contributed by atoms with Crippen LogP contribution >= 0.6 is 0 Å². The maximum Gasteiger partial charge on any atom is 0.123 e. The lowest BCUT2D eigenvalue weighted by Gasteiger charge is -2.08. The highest BCUT2D eigenvalue weighted by molar-refractivity contribution is 5.38. The van der Waals surface area contributed by atoms with E-state index in [1.54, 1.807) is 6.07 Å². The fraction of sp³-hybridized carbons (Fsp3) is 0.273. The van der Waals surface area contributed by atoms with Crippen molar-refractivity contribution in [3.05, 3.63) is 23.8 Å². The molecule has 1 rings (SSSR count). The van der Waals surface area contributed by atoms with Crippen LogP contribution in [-0.4, -0.2) is 16.3 Å². The maximum atomic E-state index is 9.43. The minimum absolute atomic E-state index is 0.0387. The lowest BCUT2D eigenvalue weighted by molar-refractivity contribution is 0.443. The first-order valence-electron chi connectivity index (χ1n) is 4.34. The van der Waals surface area contributed by atoms with Crippen molar-refractivity contribution in [3.63, 3.8) is 0 Å².